The van der Waals surface area contributed by atoms with E-state index in [0.29, 0.717) is 28.0 Å². The second-order valence-electron chi connectivity index (χ2n) is 4.95. The molecule has 0 radical (unpaired) electrons. The molecule has 7 heteroatoms. The molecule has 0 atom stereocenters. The summed E-state index contributed by atoms with van der Waals surface area (Å²) in [6.07, 6.45) is 7.97. The molecular weight excluding hydrogens is 325 g/mol. The Hall–Kier alpha value is -1.90. The van der Waals surface area contributed by atoms with Crippen LogP contribution in [0.25, 0.3) is 5.69 Å². The van der Waals surface area contributed by atoms with Gasteiger partial charge in [-0.1, -0.05) is 29.1 Å². The second-order valence-corrected chi connectivity index (χ2v) is 5.76. The van der Waals surface area contributed by atoms with E-state index in [1.165, 1.54) is 10.7 Å². The fourth-order valence-corrected chi connectivity index (χ4v) is 2.99. The number of rotatable bonds is 3. The van der Waals surface area contributed by atoms with Gasteiger partial charge in [-0.3, -0.25) is 4.57 Å². The summed E-state index contributed by atoms with van der Waals surface area (Å²) >= 11 is 12.3. The number of aromatic nitrogens is 3. The van der Waals surface area contributed by atoms with Crippen LogP contribution in [0.3, 0.4) is 0 Å². The molecule has 5 nitrogen and oxygen atoms in total. The average Bonchev–Trinajstić information content (AvgIpc) is 2.84. The van der Waals surface area contributed by atoms with Gasteiger partial charge in [0.15, 0.2) is 0 Å². The van der Waals surface area contributed by atoms with Crippen molar-refractivity contribution in [3.05, 3.63) is 38.5 Å². The lowest BCUT2D eigenvalue weighted by atomic mass is 10.2. The minimum Gasteiger partial charge on any atom is -0.479 e. The van der Waals surface area contributed by atoms with E-state index in [-0.39, 0.29) is 12.3 Å². The molecule has 1 aromatic heterocycles. The Bertz CT molecular complexity index is 817. The molecule has 0 unspecified atom stereocenters. The first kappa shape index (κ1) is 15.0. The molecule has 1 aliphatic rings. The van der Waals surface area contributed by atoms with Gasteiger partial charge in [0.1, 0.15) is 18.2 Å². The van der Waals surface area contributed by atoms with Gasteiger partial charge in [0, 0.05) is 19.0 Å². The van der Waals surface area contributed by atoms with E-state index < -0.39 is 0 Å². The van der Waals surface area contributed by atoms with Crippen LogP contribution in [0.4, 0.5) is 0 Å². The van der Waals surface area contributed by atoms with E-state index in [4.69, 9.17) is 34.4 Å². The third kappa shape index (κ3) is 2.60. The van der Waals surface area contributed by atoms with Crippen molar-refractivity contribution in [2.24, 2.45) is 0 Å². The highest BCUT2D eigenvalue weighted by Gasteiger charge is 2.20. The molecule has 1 aromatic carbocycles. The van der Waals surface area contributed by atoms with Gasteiger partial charge in [0.25, 0.3) is 0 Å². The highest BCUT2D eigenvalue weighted by molar-refractivity contribution is 6.36. The summed E-state index contributed by atoms with van der Waals surface area (Å²) in [7, 11) is 0. The summed E-state index contributed by atoms with van der Waals surface area (Å²) in [6, 6.07) is 3.11. The van der Waals surface area contributed by atoms with E-state index in [1.807, 2.05) is 0 Å². The molecule has 2 aromatic rings. The SMILES string of the molecule is C#CCOc1cc(-n2nc3n(c2=O)CCCC3)c(Cl)cc1Cl. The molecule has 0 saturated carbocycles. The number of aryl methyl sites for hydroxylation is 1. The molecule has 0 fully saturated rings. The van der Waals surface area contributed by atoms with Crippen molar-refractivity contribution >= 4 is 23.2 Å². The van der Waals surface area contributed by atoms with Crippen LogP contribution in [-0.2, 0) is 13.0 Å². The fraction of sp³-hybridized carbons (Fsp3) is 0.333. The molecular formula is C15H13Cl2N3O2. The molecule has 0 N–H and O–H groups in total. The first-order valence-electron chi connectivity index (χ1n) is 6.86. The lowest BCUT2D eigenvalue weighted by Gasteiger charge is -2.09. The highest BCUT2D eigenvalue weighted by Crippen LogP contribution is 2.32. The summed E-state index contributed by atoms with van der Waals surface area (Å²) < 4.78 is 8.34. The highest BCUT2D eigenvalue weighted by atomic mass is 35.5. The molecule has 114 valence electrons. The van der Waals surface area contributed by atoms with Crippen molar-refractivity contribution in [3.63, 3.8) is 0 Å². The zero-order valence-corrected chi connectivity index (χ0v) is 13.2. The van der Waals surface area contributed by atoms with Crippen LogP contribution >= 0.6 is 23.2 Å². The number of fused-ring (bicyclic) bond motifs is 1. The second kappa shape index (κ2) is 6.07. The van der Waals surface area contributed by atoms with Crippen molar-refractivity contribution in [1.82, 2.24) is 14.3 Å². The van der Waals surface area contributed by atoms with Crippen LogP contribution in [0.15, 0.2) is 16.9 Å². The third-order valence-electron chi connectivity index (χ3n) is 3.51. The van der Waals surface area contributed by atoms with Gasteiger partial charge in [0.2, 0.25) is 0 Å². The third-order valence-corrected chi connectivity index (χ3v) is 4.11. The van der Waals surface area contributed by atoms with E-state index in [9.17, 15) is 4.79 Å². The maximum Gasteiger partial charge on any atom is 0.350 e. The average molecular weight is 338 g/mol. The molecule has 22 heavy (non-hydrogen) atoms. The van der Waals surface area contributed by atoms with Crippen LogP contribution in [0, 0.1) is 12.3 Å². The molecule has 0 saturated heterocycles. The first-order chi connectivity index (χ1) is 10.6. The van der Waals surface area contributed by atoms with E-state index in [0.717, 1.165) is 25.1 Å². The quantitative estimate of drug-likeness (QED) is 0.809. The van der Waals surface area contributed by atoms with Crippen molar-refractivity contribution in [1.29, 1.82) is 0 Å². The Morgan fingerprint density at radius 3 is 2.86 bits per heavy atom. The summed E-state index contributed by atoms with van der Waals surface area (Å²) in [5, 5.41) is 5.04. The Morgan fingerprint density at radius 2 is 2.14 bits per heavy atom. The fourth-order valence-electron chi connectivity index (χ4n) is 2.47. The van der Waals surface area contributed by atoms with Crippen LogP contribution in [0.5, 0.6) is 5.75 Å². The van der Waals surface area contributed by atoms with Crippen molar-refractivity contribution in [2.45, 2.75) is 25.8 Å². The normalized spacial score (nSPS) is 13.5. The zero-order chi connectivity index (χ0) is 15.7. The Labute approximate surface area is 137 Å². The van der Waals surface area contributed by atoms with Crippen molar-refractivity contribution < 1.29 is 4.74 Å². The minimum absolute atomic E-state index is 0.0788. The molecule has 3 rings (SSSR count). The summed E-state index contributed by atoms with van der Waals surface area (Å²) in [5.41, 5.74) is 0.229. The first-order valence-corrected chi connectivity index (χ1v) is 7.62. The van der Waals surface area contributed by atoms with E-state index >= 15 is 0 Å². The number of hydrogen-bond acceptors (Lipinski definition) is 3. The lowest BCUT2D eigenvalue weighted by Crippen LogP contribution is -2.26. The van der Waals surface area contributed by atoms with Crippen LogP contribution in [0.2, 0.25) is 10.0 Å². The topological polar surface area (TPSA) is 49.0 Å². The minimum atomic E-state index is -0.207. The van der Waals surface area contributed by atoms with Gasteiger partial charge in [-0.15, -0.1) is 11.5 Å². The molecule has 0 spiro atoms. The largest absolute Gasteiger partial charge is 0.479 e. The molecule has 1 aliphatic heterocycles. The Balaban J connectivity index is 2.10. The van der Waals surface area contributed by atoms with Crippen molar-refractivity contribution in [2.75, 3.05) is 6.61 Å². The zero-order valence-electron chi connectivity index (χ0n) is 11.7. The summed E-state index contributed by atoms with van der Waals surface area (Å²) in [4.78, 5) is 12.5. The van der Waals surface area contributed by atoms with Crippen LogP contribution in [0.1, 0.15) is 18.7 Å². The van der Waals surface area contributed by atoms with Gasteiger partial charge >= 0.3 is 5.69 Å². The Kier molecular flexibility index (Phi) is 4.14. The van der Waals surface area contributed by atoms with E-state index in [2.05, 4.69) is 11.0 Å². The number of ether oxygens (including phenoxy) is 1. The van der Waals surface area contributed by atoms with Crippen LogP contribution in [-0.4, -0.2) is 21.0 Å². The molecule has 0 amide bonds. The monoisotopic (exact) mass is 337 g/mol. The predicted molar refractivity (Wildman–Crippen MR) is 85.1 cm³/mol. The maximum atomic E-state index is 12.5. The summed E-state index contributed by atoms with van der Waals surface area (Å²) in [5.74, 6) is 3.51. The number of halogens is 2. The molecule has 0 aliphatic carbocycles. The standard InChI is InChI=1S/C15H13Cl2N3O2/c1-2-7-22-13-9-12(10(16)8-11(13)17)20-15(21)19-6-4-3-5-14(19)18-20/h1,8-9H,3-7H2. The number of nitrogens with zero attached hydrogens (tertiary/aromatic N) is 3. The lowest BCUT2D eigenvalue weighted by molar-refractivity contribution is 0.370. The van der Waals surface area contributed by atoms with Crippen LogP contribution < -0.4 is 10.4 Å². The van der Waals surface area contributed by atoms with Crippen molar-refractivity contribution in [3.8, 4) is 23.8 Å². The predicted octanol–water partition coefficient (Wildman–Crippen LogP) is 2.69. The van der Waals surface area contributed by atoms with E-state index in [1.54, 1.807) is 10.6 Å². The Morgan fingerprint density at radius 1 is 1.32 bits per heavy atom. The number of hydrogen-bond donors (Lipinski definition) is 0. The number of terminal acetylenes is 1. The maximum absolute atomic E-state index is 12.5. The van der Waals surface area contributed by atoms with Gasteiger partial charge in [-0.25, -0.2) is 4.79 Å². The smallest absolute Gasteiger partial charge is 0.350 e. The van der Waals surface area contributed by atoms with Gasteiger partial charge in [-0.2, -0.15) is 4.68 Å². The molecule has 0 bridgehead atoms. The van der Waals surface area contributed by atoms with Gasteiger partial charge in [-0.05, 0) is 18.9 Å². The molecule has 2 heterocycles. The van der Waals surface area contributed by atoms with Gasteiger partial charge in [0.05, 0.1) is 15.7 Å². The number of benzene rings is 1. The summed E-state index contributed by atoms with van der Waals surface area (Å²) in [6.45, 7) is 0.759. The van der Waals surface area contributed by atoms with Gasteiger partial charge < -0.3 is 4.74 Å².